The molecule has 1 atom stereocenters. The molecule has 1 aromatic carbocycles. The lowest BCUT2D eigenvalue weighted by atomic mass is 10.3. The van der Waals surface area contributed by atoms with Crippen LogP contribution in [0.2, 0.25) is 0 Å². The fourth-order valence-electron chi connectivity index (χ4n) is 0.653. The molecule has 0 N–H and O–H groups in total. The lowest BCUT2D eigenvalue weighted by Crippen LogP contribution is -1.95. The maximum Gasteiger partial charge on any atom is 0.183 e. The first kappa shape index (κ1) is 7.44. The zero-order valence-electron chi connectivity index (χ0n) is 5.53. The van der Waals surface area contributed by atoms with Gasteiger partial charge in [-0.3, -0.25) is 5.11 Å². The molecule has 3 heteroatoms. The molecule has 0 spiro atoms. The molecule has 0 aliphatic heterocycles. The number of hydrogen-bond donors (Lipinski definition) is 0. The van der Waals surface area contributed by atoms with Crippen LogP contribution in [0.3, 0.4) is 0 Å². The topological polar surface area (TPSA) is 43.0 Å². The molecule has 0 bridgehead atoms. The van der Waals surface area contributed by atoms with Crippen LogP contribution in [0.25, 0.3) is 0 Å². The van der Waals surface area contributed by atoms with E-state index in [2.05, 4.69) is 0 Å². The van der Waals surface area contributed by atoms with E-state index in [1.54, 1.807) is 18.4 Å². The van der Waals surface area contributed by atoms with E-state index in [-0.39, 0.29) is 5.75 Å². The van der Waals surface area contributed by atoms with Gasteiger partial charge in [-0.05, 0) is 23.3 Å². The van der Waals surface area contributed by atoms with E-state index in [0.717, 1.165) is 0 Å². The Bertz CT molecular complexity index is 223. The Kier molecular flexibility index (Phi) is 2.19. The van der Waals surface area contributed by atoms with Crippen molar-refractivity contribution in [2.45, 2.75) is 4.90 Å². The molecule has 1 rings (SSSR count). The summed E-state index contributed by atoms with van der Waals surface area (Å²) in [5.74, 6) is -0.0901. The van der Waals surface area contributed by atoms with Gasteiger partial charge in [0.2, 0.25) is 0 Å². The molecule has 0 heterocycles. The average Bonchev–Trinajstić information content (AvgIpc) is 1.88. The molecular weight excluding hydrogens is 148 g/mol. The molecule has 10 heavy (non-hydrogen) atoms. The molecule has 0 aliphatic carbocycles. The molecular formula is C7H7O2S. The van der Waals surface area contributed by atoms with E-state index in [1.807, 2.05) is 0 Å². The van der Waals surface area contributed by atoms with Crippen LogP contribution in [-0.2, 0) is 16.3 Å². The van der Waals surface area contributed by atoms with Crippen molar-refractivity contribution in [3.05, 3.63) is 24.3 Å². The summed E-state index contributed by atoms with van der Waals surface area (Å²) in [6.45, 7) is 0. The molecule has 0 amide bonds. The zero-order chi connectivity index (χ0) is 7.56. The van der Waals surface area contributed by atoms with Gasteiger partial charge >= 0.3 is 0 Å². The van der Waals surface area contributed by atoms with Crippen molar-refractivity contribution >= 4 is 11.2 Å². The summed E-state index contributed by atoms with van der Waals surface area (Å²) in [5, 5.41) is 10.7. The monoisotopic (exact) mass is 155 g/mol. The Labute approximate surface area is 62.7 Å². The van der Waals surface area contributed by atoms with Gasteiger partial charge in [0.1, 0.15) is 6.26 Å². The molecule has 1 unspecified atom stereocenters. The lowest BCUT2D eigenvalue weighted by molar-refractivity contribution is 0.353. The first-order chi connectivity index (χ1) is 4.70. The van der Waals surface area contributed by atoms with Crippen LogP contribution in [0.4, 0.5) is 0 Å². The van der Waals surface area contributed by atoms with Crippen LogP contribution >= 0.6 is 0 Å². The lowest BCUT2D eigenvalue weighted by Gasteiger charge is -2.01. The fraction of sp³-hybridized carbons (Fsp3) is 0.143. The fourth-order valence-corrected chi connectivity index (χ4v) is 1.21. The van der Waals surface area contributed by atoms with Crippen molar-refractivity contribution in [1.82, 2.24) is 0 Å². The normalized spacial score (nSPS) is 13.0. The van der Waals surface area contributed by atoms with Gasteiger partial charge in [0.15, 0.2) is 10.6 Å². The number of hydrogen-bond acceptors (Lipinski definition) is 1. The Hall–Kier alpha value is -0.670. The zero-order valence-corrected chi connectivity index (χ0v) is 6.35. The summed E-state index contributed by atoms with van der Waals surface area (Å²) < 4.78 is 10.8. The van der Waals surface area contributed by atoms with E-state index in [9.17, 15) is 9.66 Å². The van der Waals surface area contributed by atoms with Crippen molar-refractivity contribution in [3.8, 4) is 5.75 Å². The van der Waals surface area contributed by atoms with E-state index < -0.39 is 11.2 Å². The van der Waals surface area contributed by atoms with Gasteiger partial charge in [-0.15, -0.1) is 0 Å². The summed E-state index contributed by atoms with van der Waals surface area (Å²) in [6, 6.07) is 6.11. The highest BCUT2D eigenvalue weighted by Crippen LogP contribution is 2.15. The summed E-state index contributed by atoms with van der Waals surface area (Å²) in [4.78, 5) is 0.590. The minimum atomic E-state index is -1.04. The Morgan fingerprint density at radius 3 is 2.60 bits per heavy atom. The van der Waals surface area contributed by atoms with Crippen molar-refractivity contribution in [1.29, 1.82) is 0 Å². The van der Waals surface area contributed by atoms with Gasteiger partial charge in [-0.25, -0.2) is 0 Å². The predicted molar refractivity (Wildman–Crippen MR) is 38.9 cm³/mol. The van der Waals surface area contributed by atoms with Crippen molar-refractivity contribution < 1.29 is 9.66 Å². The Morgan fingerprint density at radius 2 is 2.20 bits per heavy atom. The molecule has 0 aliphatic rings. The van der Waals surface area contributed by atoms with E-state index in [4.69, 9.17) is 0 Å². The van der Waals surface area contributed by atoms with E-state index in [0.29, 0.717) is 4.90 Å². The van der Waals surface area contributed by atoms with Crippen LogP contribution in [-0.4, -0.2) is 10.8 Å². The SMILES string of the molecule is C[S+]([O-])c1cccc([O])c1. The van der Waals surface area contributed by atoms with Crippen LogP contribution in [0.5, 0.6) is 5.75 Å². The highest BCUT2D eigenvalue weighted by Gasteiger charge is 2.03. The average molecular weight is 155 g/mol. The molecule has 0 saturated heterocycles. The summed E-state index contributed by atoms with van der Waals surface area (Å²) in [7, 11) is 0. The van der Waals surface area contributed by atoms with Crippen LogP contribution in [0.1, 0.15) is 0 Å². The van der Waals surface area contributed by atoms with Gasteiger partial charge < -0.3 is 4.55 Å². The second-order valence-corrected chi connectivity index (χ2v) is 3.31. The third-order valence-corrected chi connectivity index (χ3v) is 2.06. The minimum absolute atomic E-state index is 0.0901. The summed E-state index contributed by atoms with van der Waals surface area (Å²) in [6.07, 6.45) is 1.55. The minimum Gasteiger partial charge on any atom is -0.612 e. The Morgan fingerprint density at radius 1 is 1.50 bits per heavy atom. The van der Waals surface area contributed by atoms with Gasteiger partial charge in [0.05, 0.1) is 0 Å². The molecule has 0 aromatic heterocycles. The highest BCUT2D eigenvalue weighted by atomic mass is 32.2. The van der Waals surface area contributed by atoms with Gasteiger partial charge in [0, 0.05) is 6.07 Å². The van der Waals surface area contributed by atoms with Gasteiger partial charge in [-0.2, -0.15) is 0 Å². The predicted octanol–water partition coefficient (Wildman–Crippen LogP) is 1.57. The van der Waals surface area contributed by atoms with Gasteiger partial charge in [0.25, 0.3) is 0 Å². The third kappa shape index (κ3) is 1.65. The van der Waals surface area contributed by atoms with Crippen LogP contribution < -0.4 is 0 Å². The number of rotatable bonds is 1. The highest BCUT2D eigenvalue weighted by molar-refractivity contribution is 7.90. The van der Waals surface area contributed by atoms with Crippen molar-refractivity contribution in [3.63, 3.8) is 0 Å². The first-order valence-electron chi connectivity index (χ1n) is 2.80. The second kappa shape index (κ2) is 2.94. The maximum atomic E-state index is 10.8. The van der Waals surface area contributed by atoms with Gasteiger partial charge in [-0.1, -0.05) is 6.07 Å². The third-order valence-electron chi connectivity index (χ3n) is 1.14. The first-order valence-corrected chi connectivity index (χ1v) is 4.36. The summed E-state index contributed by atoms with van der Waals surface area (Å²) in [5.41, 5.74) is 0. The van der Waals surface area contributed by atoms with E-state index >= 15 is 0 Å². The molecule has 53 valence electrons. The van der Waals surface area contributed by atoms with Crippen LogP contribution in [0.15, 0.2) is 29.2 Å². The number of benzene rings is 1. The molecule has 0 fully saturated rings. The van der Waals surface area contributed by atoms with Crippen LogP contribution in [0, 0.1) is 0 Å². The standard InChI is InChI=1S/C7H7O2S/c1-10(9)7-4-2-3-6(8)5-7/h2-5H,1H3. The smallest absolute Gasteiger partial charge is 0.183 e. The van der Waals surface area contributed by atoms with E-state index in [1.165, 1.54) is 12.1 Å². The molecule has 0 saturated carbocycles. The summed E-state index contributed by atoms with van der Waals surface area (Å²) >= 11 is -1.04. The largest absolute Gasteiger partial charge is 0.612 e. The second-order valence-electron chi connectivity index (χ2n) is 1.93. The van der Waals surface area contributed by atoms with Crippen molar-refractivity contribution in [2.75, 3.05) is 6.26 Å². The van der Waals surface area contributed by atoms with Crippen molar-refractivity contribution in [2.24, 2.45) is 0 Å². The molecule has 2 nitrogen and oxygen atoms in total. The molecule has 1 aromatic rings. The maximum absolute atomic E-state index is 10.8. The Balaban J connectivity index is 2.96. The quantitative estimate of drug-likeness (QED) is 0.567. The molecule has 1 radical (unpaired) electrons.